The Morgan fingerprint density at radius 3 is 1.74 bits per heavy atom. The second kappa shape index (κ2) is 9.65. The standard InChI is InChI=1S/C26H29NO4/c1-6-30-25(28)22-18(4)27(21-16-12-11-13-17(21)3)19(5)23(26(29)31-7-2)24(22)20-14-9-8-10-15-20/h8-16,24H,6-7H2,1-5H3. The van der Waals surface area contributed by atoms with E-state index in [4.69, 9.17) is 9.47 Å². The lowest BCUT2D eigenvalue weighted by atomic mass is 9.79. The first-order valence-electron chi connectivity index (χ1n) is 10.6. The number of anilines is 1. The third kappa shape index (κ3) is 4.26. The van der Waals surface area contributed by atoms with Crippen molar-refractivity contribution in [1.82, 2.24) is 0 Å². The first-order valence-corrected chi connectivity index (χ1v) is 10.6. The second-order valence-corrected chi connectivity index (χ2v) is 7.40. The molecule has 1 heterocycles. The zero-order chi connectivity index (χ0) is 22.5. The van der Waals surface area contributed by atoms with E-state index < -0.39 is 17.9 Å². The van der Waals surface area contributed by atoms with Crippen molar-refractivity contribution in [3.05, 3.63) is 88.3 Å². The Morgan fingerprint density at radius 2 is 1.26 bits per heavy atom. The molecule has 2 aromatic carbocycles. The molecular weight excluding hydrogens is 390 g/mol. The number of aryl methyl sites for hydroxylation is 1. The summed E-state index contributed by atoms with van der Waals surface area (Å²) in [4.78, 5) is 28.4. The minimum Gasteiger partial charge on any atom is -0.463 e. The van der Waals surface area contributed by atoms with E-state index in [1.54, 1.807) is 13.8 Å². The molecule has 0 fully saturated rings. The monoisotopic (exact) mass is 419 g/mol. The number of nitrogens with zero attached hydrogens (tertiary/aromatic N) is 1. The average molecular weight is 420 g/mol. The predicted octanol–water partition coefficient (Wildman–Crippen LogP) is 5.27. The Hall–Kier alpha value is -3.34. The van der Waals surface area contributed by atoms with E-state index in [0.717, 1.165) is 28.2 Å². The van der Waals surface area contributed by atoms with Gasteiger partial charge in [0.1, 0.15) is 0 Å². The maximum Gasteiger partial charge on any atom is 0.336 e. The maximum absolute atomic E-state index is 13.2. The van der Waals surface area contributed by atoms with Crippen molar-refractivity contribution in [2.75, 3.05) is 18.1 Å². The Bertz CT molecular complexity index is 994. The normalized spacial score (nSPS) is 14.7. The van der Waals surface area contributed by atoms with Crippen LogP contribution in [-0.2, 0) is 19.1 Å². The van der Waals surface area contributed by atoms with Gasteiger partial charge in [-0.05, 0) is 51.8 Å². The smallest absolute Gasteiger partial charge is 0.336 e. The lowest BCUT2D eigenvalue weighted by molar-refractivity contribution is -0.139. The van der Waals surface area contributed by atoms with Crippen LogP contribution in [0.1, 0.15) is 44.7 Å². The van der Waals surface area contributed by atoms with Crippen LogP contribution < -0.4 is 4.90 Å². The third-order valence-corrected chi connectivity index (χ3v) is 5.51. The Kier molecular flexibility index (Phi) is 6.95. The topological polar surface area (TPSA) is 55.8 Å². The first kappa shape index (κ1) is 22.3. The number of esters is 2. The Labute approximate surface area is 184 Å². The van der Waals surface area contributed by atoms with Crippen molar-refractivity contribution < 1.29 is 19.1 Å². The highest BCUT2D eigenvalue weighted by molar-refractivity contribution is 6.01. The molecule has 162 valence electrons. The number of rotatable bonds is 6. The summed E-state index contributed by atoms with van der Waals surface area (Å²) >= 11 is 0. The molecule has 0 aliphatic carbocycles. The van der Waals surface area contributed by atoms with Crippen LogP contribution in [0, 0.1) is 6.92 Å². The largest absolute Gasteiger partial charge is 0.463 e. The molecule has 0 atom stereocenters. The fraction of sp³-hybridized carbons (Fsp3) is 0.308. The van der Waals surface area contributed by atoms with Gasteiger partial charge in [-0.25, -0.2) is 9.59 Å². The van der Waals surface area contributed by atoms with Gasteiger partial charge in [0.05, 0.1) is 30.3 Å². The van der Waals surface area contributed by atoms with E-state index in [1.807, 2.05) is 80.3 Å². The van der Waals surface area contributed by atoms with Crippen LogP contribution in [0.25, 0.3) is 0 Å². The van der Waals surface area contributed by atoms with Gasteiger partial charge in [-0.3, -0.25) is 0 Å². The number of hydrogen-bond donors (Lipinski definition) is 0. The van der Waals surface area contributed by atoms with Crippen LogP contribution in [0.3, 0.4) is 0 Å². The minimum atomic E-state index is -0.570. The van der Waals surface area contributed by atoms with Crippen molar-refractivity contribution in [1.29, 1.82) is 0 Å². The molecular formula is C26H29NO4. The summed E-state index contributed by atoms with van der Waals surface area (Å²) in [5.41, 5.74) is 5.17. The van der Waals surface area contributed by atoms with Crippen LogP contribution >= 0.6 is 0 Å². The van der Waals surface area contributed by atoms with E-state index in [1.165, 1.54) is 0 Å². The molecule has 1 aliphatic rings. The van der Waals surface area contributed by atoms with Crippen molar-refractivity contribution in [3.63, 3.8) is 0 Å². The Balaban J connectivity index is 2.33. The van der Waals surface area contributed by atoms with E-state index in [2.05, 4.69) is 0 Å². The molecule has 0 spiro atoms. The molecule has 0 amide bonds. The summed E-state index contributed by atoms with van der Waals surface area (Å²) in [5, 5.41) is 0. The zero-order valence-electron chi connectivity index (χ0n) is 18.8. The van der Waals surface area contributed by atoms with Gasteiger partial charge in [-0.2, -0.15) is 0 Å². The molecule has 0 radical (unpaired) electrons. The van der Waals surface area contributed by atoms with Gasteiger partial charge in [0, 0.05) is 17.1 Å². The number of benzene rings is 2. The van der Waals surface area contributed by atoms with Crippen LogP contribution in [0.4, 0.5) is 5.69 Å². The zero-order valence-corrected chi connectivity index (χ0v) is 18.8. The fourth-order valence-electron chi connectivity index (χ4n) is 4.16. The predicted molar refractivity (Wildman–Crippen MR) is 122 cm³/mol. The van der Waals surface area contributed by atoms with Crippen molar-refractivity contribution >= 4 is 17.6 Å². The lowest BCUT2D eigenvalue weighted by Crippen LogP contribution is -2.35. The van der Waals surface area contributed by atoms with E-state index in [0.29, 0.717) is 11.1 Å². The van der Waals surface area contributed by atoms with E-state index in [-0.39, 0.29) is 13.2 Å². The van der Waals surface area contributed by atoms with Gasteiger partial charge in [0.15, 0.2) is 0 Å². The van der Waals surface area contributed by atoms with Gasteiger partial charge in [-0.1, -0.05) is 48.5 Å². The molecule has 3 rings (SSSR count). The SMILES string of the molecule is CCOC(=O)C1=C(C)N(c2ccccc2C)C(C)=C(C(=O)OCC)C1c1ccccc1. The van der Waals surface area contributed by atoms with Gasteiger partial charge >= 0.3 is 11.9 Å². The van der Waals surface area contributed by atoms with Crippen molar-refractivity contribution in [2.45, 2.75) is 40.5 Å². The van der Waals surface area contributed by atoms with Crippen LogP contribution in [-0.4, -0.2) is 25.2 Å². The summed E-state index contributed by atoms with van der Waals surface area (Å²) in [6, 6.07) is 17.5. The molecule has 0 N–H and O–H groups in total. The molecule has 31 heavy (non-hydrogen) atoms. The number of carbonyl (C=O) groups excluding carboxylic acids is 2. The maximum atomic E-state index is 13.2. The van der Waals surface area contributed by atoms with Crippen LogP contribution in [0.15, 0.2) is 77.1 Å². The highest BCUT2D eigenvalue weighted by atomic mass is 16.5. The van der Waals surface area contributed by atoms with Crippen molar-refractivity contribution in [2.24, 2.45) is 0 Å². The molecule has 0 bridgehead atoms. The van der Waals surface area contributed by atoms with E-state index >= 15 is 0 Å². The summed E-state index contributed by atoms with van der Waals surface area (Å²) in [7, 11) is 0. The molecule has 0 saturated heterocycles. The van der Waals surface area contributed by atoms with Crippen LogP contribution in [0.5, 0.6) is 0 Å². The molecule has 5 nitrogen and oxygen atoms in total. The van der Waals surface area contributed by atoms with Gasteiger partial charge in [-0.15, -0.1) is 0 Å². The summed E-state index contributed by atoms with van der Waals surface area (Å²) in [6.07, 6.45) is 0. The summed E-state index contributed by atoms with van der Waals surface area (Å²) in [6.45, 7) is 9.87. The van der Waals surface area contributed by atoms with Gasteiger partial charge in [0.25, 0.3) is 0 Å². The number of hydrogen-bond acceptors (Lipinski definition) is 5. The van der Waals surface area contributed by atoms with Crippen LogP contribution in [0.2, 0.25) is 0 Å². The second-order valence-electron chi connectivity index (χ2n) is 7.40. The minimum absolute atomic E-state index is 0.249. The average Bonchev–Trinajstić information content (AvgIpc) is 2.75. The molecule has 0 saturated carbocycles. The molecule has 1 aliphatic heterocycles. The number of allylic oxidation sites excluding steroid dienone is 2. The quantitative estimate of drug-likeness (QED) is 0.597. The highest BCUT2D eigenvalue weighted by Gasteiger charge is 2.41. The summed E-state index contributed by atoms with van der Waals surface area (Å²) in [5.74, 6) is -1.43. The Morgan fingerprint density at radius 1 is 0.774 bits per heavy atom. The van der Waals surface area contributed by atoms with E-state index in [9.17, 15) is 9.59 Å². The van der Waals surface area contributed by atoms with Gasteiger partial charge in [0.2, 0.25) is 0 Å². The molecule has 2 aromatic rings. The molecule has 0 aromatic heterocycles. The number of para-hydroxylation sites is 1. The number of ether oxygens (including phenoxy) is 2. The highest BCUT2D eigenvalue weighted by Crippen LogP contribution is 2.45. The molecule has 0 unspecified atom stereocenters. The number of carbonyl (C=O) groups is 2. The lowest BCUT2D eigenvalue weighted by Gasteiger charge is -2.38. The van der Waals surface area contributed by atoms with Gasteiger partial charge < -0.3 is 14.4 Å². The first-order chi connectivity index (χ1) is 14.9. The van der Waals surface area contributed by atoms with Crippen molar-refractivity contribution in [3.8, 4) is 0 Å². The fourth-order valence-corrected chi connectivity index (χ4v) is 4.16. The third-order valence-electron chi connectivity index (χ3n) is 5.51. The summed E-state index contributed by atoms with van der Waals surface area (Å²) < 4.78 is 10.9. The molecule has 5 heteroatoms.